The highest BCUT2D eigenvalue weighted by Gasteiger charge is 2.17. The Hall–Kier alpha value is -3.66. The van der Waals surface area contributed by atoms with Crippen molar-refractivity contribution in [3.05, 3.63) is 98.5 Å². The molecule has 0 atom stereocenters. The summed E-state index contributed by atoms with van der Waals surface area (Å²) in [6.07, 6.45) is 0. The number of carbonyl (C=O) groups is 2. The van der Waals surface area contributed by atoms with Crippen molar-refractivity contribution in [1.29, 1.82) is 0 Å². The zero-order chi connectivity index (χ0) is 26.2. The molecule has 8 nitrogen and oxygen atoms in total. The van der Waals surface area contributed by atoms with Gasteiger partial charge in [-0.25, -0.2) is 4.79 Å². The molecule has 0 unspecified atom stereocenters. The number of benzene rings is 3. The zero-order valence-corrected chi connectivity index (χ0v) is 21.9. The average molecular weight is 558 g/mol. The van der Waals surface area contributed by atoms with E-state index in [4.69, 9.17) is 37.4 Å². The Kier molecular flexibility index (Phi) is 8.95. The molecule has 1 heterocycles. The van der Waals surface area contributed by atoms with Crippen LogP contribution in [-0.4, -0.2) is 28.7 Å². The van der Waals surface area contributed by atoms with Gasteiger partial charge in [0.15, 0.2) is 0 Å². The molecular weight excluding hydrogens is 537 g/mol. The van der Waals surface area contributed by atoms with Crippen molar-refractivity contribution in [3.8, 4) is 11.5 Å². The number of aromatic nitrogens is 2. The van der Waals surface area contributed by atoms with Gasteiger partial charge in [-0.15, -0.1) is 10.2 Å². The summed E-state index contributed by atoms with van der Waals surface area (Å²) in [5, 5.41) is 11.6. The Morgan fingerprint density at radius 1 is 0.865 bits per heavy atom. The van der Waals surface area contributed by atoms with Gasteiger partial charge in [-0.1, -0.05) is 70.9 Å². The van der Waals surface area contributed by atoms with Crippen molar-refractivity contribution >= 4 is 51.5 Å². The SMILES string of the molecule is CCOC(=O)c1nnc(NC(=O)c2cc(OCc3ccccc3Cl)cc(OCc3ccccc3Cl)c2)s1. The van der Waals surface area contributed by atoms with Crippen molar-refractivity contribution in [2.24, 2.45) is 0 Å². The van der Waals surface area contributed by atoms with Gasteiger partial charge in [0.25, 0.3) is 5.91 Å². The van der Waals surface area contributed by atoms with Gasteiger partial charge in [-0.2, -0.15) is 0 Å². The normalized spacial score (nSPS) is 10.6. The van der Waals surface area contributed by atoms with Crippen molar-refractivity contribution in [3.63, 3.8) is 0 Å². The first-order valence-corrected chi connectivity index (χ1v) is 12.7. The van der Waals surface area contributed by atoms with E-state index >= 15 is 0 Å². The second-order valence-electron chi connectivity index (χ2n) is 7.54. The molecule has 11 heteroatoms. The second kappa shape index (κ2) is 12.5. The molecule has 1 amide bonds. The number of ether oxygens (including phenoxy) is 3. The fraction of sp³-hybridized carbons (Fsp3) is 0.154. The van der Waals surface area contributed by atoms with E-state index < -0.39 is 11.9 Å². The van der Waals surface area contributed by atoms with Crippen LogP contribution in [0.25, 0.3) is 0 Å². The first kappa shape index (κ1) is 26.4. The van der Waals surface area contributed by atoms with Crippen molar-refractivity contribution in [2.75, 3.05) is 11.9 Å². The number of halogens is 2. The van der Waals surface area contributed by atoms with Crippen LogP contribution < -0.4 is 14.8 Å². The molecule has 1 aromatic heterocycles. The van der Waals surface area contributed by atoms with Gasteiger partial charge in [0.1, 0.15) is 24.7 Å². The lowest BCUT2D eigenvalue weighted by atomic mass is 10.2. The summed E-state index contributed by atoms with van der Waals surface area (Å²) in [5.74, 6) is -0.305. The predicted molar refractivity (Wildman–Crippen MR) is 142 cm³/mol. The predicted octanol–water partition coefficient (Wildman–Crippen LogP) is 6.43. The Bertz CT molecular complexity index is 1340. The molecule has 0 aliphatic rings. The van der Waals surface area contributed by atoms with Gasteiger partial charge in [0.2, 0.25) is 10.1 Å². The summed E-state index contributed by atoms with van der Waals surface area (Å²) in [6.45, 7) is 2.27. The topological polar surface area (TPSA) is 99.6 Å². The van der Waals surface area contributed by atoms with E-state index in [1.54, 1.807) is 37.3 Å². The van der Waals surface area contributed by atoms with E-state index in [2.05, 4.69) is 15.5 Å². The van der Waals surface area contributed by atoms with Gasteiger partial charge >= 0.3 is 5.97 Å². The van der Waals surface area contributed by atoms with Gasteiger partial charge in [0, 0.05) is 32.8 Å². The van der Waals surface area contributed by atoms with Gasteiger partial charge in [-0.05, 0) is 31.2 Å². The number of rotatable bonds is 10. The summed E-state index contributed by atoms with van der Waals surface area (Å²) in [5.41, 5.74) is 1.83. The molecule has 3 aromatic carbocycles. The molecule has 0 radical (unpaired) electrons. The first-order valence-electron chi connectivity index (χ1n) is 11.1. The van der Waals surface area contributed by atoms with E-state index in [1.807, 2.05) is 36.4 Å². The van der Waals surface area contributed by atoms with Crippen LogP contribution in [0.2, 0.25) is 10.0 Å². The van der Waals surface area contributed by atoms with E-state index in [0.717, 1.165) is 22.5 Å². The highest BCUT2D eigenvalue weighted by atomic mass is 35.5. The number of hydrogen-bond acceptors (Lipinski definition) is 8. The third-order valence-electron chi connectivity index (χ3n) is 4.94. The largest absolute Gasteiger partial charge is 0.489 e. The summed E-state index contributed by atoms with van der Waals surface area (Å²) in [7, 11) is 0. The van der Waals surface area contributed by atoms with E-state index in [0.29, 0.717) is 21.5 Å². The van der Waals surface area contributed by atoms with Crippen molar-refractivity contribution < 1.29 is 23.8 Å². The van der Waals surface area contributed by atoms with Gasteiger partial charge < -0.3 is 14.2 Å². The maximum atomic E-state index is 13.0. The fourth-order valence-electron chi connectivity index (χ4n) is 3.14. The molecule has 0 fully saturated rings. The van der Waals surface area contributed by atoms with Crippen LogP contribution in [0.1, 0.15) is 38.2 Å². The number of nitrogens with zero attached hydrogens (tertiary/aromatic N) is 2. The van der Waals surface area contributed by atoms with Crippen LogP contribution >= 0.6 is 34.5 Å². The molecule has 37 heavy (non-hydrogen) atoms. The summed E-state index contributed by atoms with van der Waals surface area (Å²) in [6, 6.07) is 19.4. The average Bonchev–Trinajstić information content (AvgIpc) is 3.36. The molecule has 190 valence electrons. The minimum atomic E-state index is -0.606. The van der Waals surface area contributed by atoms with Crippen LogP contribution in [0.5, 0.6) is 11.5 Å². The molecule has 0 bridgehead atoms. The van der Waals surface area contributed by atoms with Crippen LogP contribution in [0.4, 0.5) is 5.13 Å². The molecule has 0 aliphatic carbocycles. The first-order chi connectivity index (χ1) is 17.9. The number of nitrogens with one attached hydrogen (secondary N) is 1. The maximum Gasteiger partial charge on any atom is 0.369 e. The van der Waals surface area contributed by atoms with Crippen LogP contribution in [0, 0.1) is 0 Å². The van der Waals surface area contributed by atoms with Crippen LogP contribution in [-0.2, 0) is 18.0 Å². The molecule has 1 N–H and O–H groups in total. The standard InChI is InChI=1S/C26H21Cl2N3O5S/c1-2-34-25(33)24-30-31-26(37-24)29-23(32)18-11-19(35-14-16-7-3-5-9-21(16)27)13-20(12-18)36-15-17-8-4-6-10-22(17)28/h3-13H,2,14-15H2,1H3,(H,29,31,32). The number of hydrogen-bond donors (Lipinski definition) is 1. The van der Waals surface area contributed by atoms with Crippen LogP contribution in [0.15, 0.2) is 66.7 Å². The smallest absolute Gasteiger partial charge is 0.369 e. The second-order valence-corrected chi connectivity index (χ2v) is 9.33. The summed E-state index contributed by atoms with van der Waals surface area (Å²) in [4.78, 5) is 24.9. The highest BCUT2D eigenvalue weighted by molar-refractivity contribution is 7.17. The van der Waals surface area contributed by atoms with Gasteiger partial charge in [-0.3, -0.25) is 10.1 Å². The monoisotopic (exact) mass is 557 g/mol. The fourth-order valence-corrected chi connectivity index (χ4v) is 4.15. The molecule has 4 rings (SSSR count). The Balaban J connectivity index is 1.54. The number of amides is 1. The van der Waals surface area contributed by atoms with Gasteiger partial charge in [0.05, 0.1) is 6.61 Å². The summed E-state index contributed by atoms with van der Waals surface area (Å²) >= 11 is 13.4. The van der Waals surface area contributed by atoms with Crippen molar-refractivity contribution in [1.82, 2.24) is 10.2 Å². The lowest BCUT2D eigenvalue weighted by Crippen LogP contribution is -2.12. The third-order valence-corrected chi connectivity index (χ3v) is 6.50. The van der Waals surface area contributed by atoms with Crippen molar-refractivity contribution in [2.45, 2.75) is 20.1 Å². The lowest BCUT2D eigenvalue weighted by Gasteiger charge is -2.13. The maximum absolute atomic E-state index is 13.0. The molecule has 0 saturated heterocycles. The number of anilines is 1. The molecule has 0 spiro atoms. The molecular formula is C26H21Cl2N3O5S. The Morgan fingerprint density at radius 2 is 1.43 bits per heavy atom. The number of carbonyl (C=O) groups excluding carboxylic acids is 2. The third kappa shape index (κ3) is 7.19. The van der Waals surface area contributed by atoms with E-state index in [9.17, 15) is 9.59 Å². The Morgan fingerprint density at radius 3 is 1.97 bits per heavy atom. The van der Waals surface area contributed by atoms with E-state index in [-0.39, 0.29) is 35.5 Å². The minimum Gasteiger partial charge on any atom is -0.489 e. The molecule has 0 aliphatic heterocycles. The highest BCUT2D eigenvalue weighted by Crippen LogP contribution is 2.28. The summed E-state index contributed by atoms with van der Waals surface area (Å²) < 4.78 is 16.8. The van der Waals surface area contributed by atoms with E-state index in [1.165, 1.54) is 0 Å². The molecule has 4 aromatic rings. The molecule has 0 saturated carbocycles. The van der Waals surface area contributed by atoms with Crippen LogP contribution in [0.3, 0.4) is 0 Å². The quantitative estimate of drug-likeness (QED) is 0.224. The lowest BCUT2D eigenvalue weighted by molar-refractivity contribution is 0.0525. The number of esters is 1. The zero-order valence-electron chi connectivity index (χ0n) is 19.6. The minimum absolute atomic E-state index is 0.0396. The Labute approximate surface area is 227 Å².